The van der Waals surface area contributed by atoms with E-state index in [0.717, 1.165) is 23.4 Å². The molecule has 4 nitrogen and oxygen atoms in total. The van der Waals surface area contributed by atoms with E-state index in [2.05, 4.69) is 5.32 Å². The number of carbonyl (C=O) groups is 2. The summed E-state index contributed by atoms with van der Waals surface area (Å²) in [6.07, 6.45) is 0.785. The van der Waals surface area contributed by atoms with Crippen LogP contribution >= 0.6 is 0 Å². The van der Waals surface area contributed by atoms with Crippen molar-refractivity contribution >= 4 is 23.2 Å². The van der Waals surface area contributed by atoms with Gasteiger partial charge >= 0.3 is 0 Å². The van der Waals surface area contributed by atoms with Gasteiger partial charge < -0.3 is 10.2 Å². The summed E-state index contributed by atoms with van der Waals surface area (Å²) in [5.74, 6) is -1.51. The lowest BCUT2D eigenvalue weighted by atomic mass is 10.0. The van der Waals surface area contributed by atoms with Crippen molar-refractivity contribution in [1.29, 1.82) is 0 Å². The number of halogens is 2. The Kier molecular flexibility index (Phi) is 4.53. The van der Waals surface area contributed by atoms with Gasteiger partial charge in [0.25, 0.3) is 0 Å². The van der Waals surface area contributed by atoms with Crippen LogP contribution in [0.2, 0.25) is 0 Å². The lowest BCUT2D eigenvalue weighted by Gasteiger charge is -2.26. The van der Waals surface area contributed by atoms with E-state index in [1.165, 1.54) is 6.92 Å². The van der Waals surface area contributed by atoms with Gasteiger partial charge in [0.1, 0.15) is 11.6 Å². The highest BCUT2D eigenvalue weighted by atomic mass is 19.1. The van der Waals surface area contributed by atoms with Crippen LogP contribution in [0.4, 0.5) is 20.2 Å². The highest BCUT2D eigenvalue weighted by molar-refractivity contribution is 5.97. The Morgan fingerprint density at radius 1 is 1.16 bits per heavy atom. The molecule has 6 heteroatoms. The van der Waals surface area contributed by atoms with Crippen LogP contribution in [0.1, 0.15) is 23.1 Å². The summed E-state index contributed by atoms with van der Waals surface area (Å²) in [7, 11) is 1.72. The summed E-state index contributed by atoms with van der Waals surface area (Å²) in [6, 6.07) is 7.41. The first-order valence-corrected chi connectivity index (χ1v) is 7.99. The normalized spacial score (nSPS) is 13.6. The number of anilines is 2. The second-order valence-corrected chi connectivity index (χ2v) is 6.21. The monoisotopic (exact) mass is 344 g/mol. The number of rotatable bonds is 3. The van der Waals surface area contributed by atoms with Crippen LogP contribution in [0.5, 0.6) is 0 Å². The molecule has 0 radical (unpaired) electrons. The predicted octanol–water partition coefficient (Wildman–Crippen LogP) is 3.36. The molecule has 2 amide bonds. The molecule has 2 aromatic rings. The molecule has 0 aromatic heterocycles. The summed E-state index contributed by atoms with van der Waals surface area (Å²) >= 11 is 0. The second kappa shape index (κ2) is 6.63. The molecular weight excluding hydrogens is 326 g/mol. The van der Waals surface area contributed by atoms with Crippen LogP contribution in [-0.2, 0) is 22.4 Å². The summed E-state index contributed by atoms with van der Waals surface area (Å²) in [5.41, 5.74) is 2.58. The smallest absolute Gasteiger partial charge is 0.228 e. The number of carbonyl (C=O) groups excluding carboxylic acids is 2. The van der Waals surface area contributed by atoms with Crippen molar-refractivity contribution in [2.24, 2.45) is 0 Å². The fraction of sp³-hybridized carbons (Fsp3) is 0.263. The summed E-state index contributed by atoms with van der Waals surface area (Å²) in [4.78, 5) is 25.4. The maximum atomic E-state index is 13.9. The molecule has 0 bridgehead atoms. The molecule has 1 aliphatic rings. The Balaban J connectivity index is 1.74. The Hall–Kier alpha value is -2.76. The number of hydrogen-bond donors (Lipinski definition) is 1. The van der Waals surface area contributed by atoms with E-state index in [1.54, 1.807) is 24.1 Å². The summed E-state index contributed by atoms with van der Waals surface area (Å²) in [5, 5.41) is 2.70. The number of amides is 2. The molecule has 2 aromatic carbocycles. The first kappa shape index (κ1) is 17.1. The van der Waals surface area contributed by atoms with E-state index < -0.39 is 17.5 Å². The van der Waals surface area contributed by atoms with Gasteiger partial charge in [-0.2, -0.15) is 0 Å². The summed E-state index contributed by atoms with van der Waals surface area (Å²) in [6.45, 7) is 1.47. The molecular formula is C19H18F2N2O2. The van der Waals surface area contributed by atoms with E-state index in [9.17, 15) is 18.4 Å². The summed E-state index contributed by atoms with van der Waals surface area (Å²) < 4.78 is 27.4. The van der Waals surface area contributed by atoms with Crippen LogP contribution < -0.4 is 10.2 Å². The molecule has 3 rings (SSSR count). The van der Waals surface area contributed by atoms with Gasteiger partial charge in [0, 0.05) is 30.4 Å². The van der Waals surface area contributed by atoms with Gasteiger partial charge in [-0.25, -0.2) is 8.78 Å². The van der Waals surface area contributed by atoms with Crippen molar-refractivity contribution in [3.05, 3.63) is 58.7 Å². The zero-order valence-corrected chi connectivity index (χ0v) is 14.0. The maximum absolute atomic E-state index is 13.9. The maximum Gasteiger partial charge on any atom is 0.228 e. The predicted molar refractivity (Wildman–Crippen MR) is 91.6 cm³/mol. The fourth-order valence-corrected chi connectivity index (χ4v) is 2.94. The number of nitrogens with one attached hydrogen (secondary N) is 1. The van der Waals surface area contributed by atoms with E-state index in [0.29, 0.717) is 18.5 Å². The van der Waals surface area contributed by atoms with E-state index >= 15 is 0 Å². The average molecular weight is 344 g/mol. The third-order valence-electron chi connectivity index (χ3n) is 4.39. The largest absolute Gasteiger partial charge is 0.326 e. The molecule has 0 saturated carbocycles. The quantitative estimate of drug-likeness (QED) is 0.928. The van der Waals surface area contributed by atoms with Crippen molar-refractivity contribution in [2.45, 2.75) is 26.2 Å². The zero-order chi connectivity index (χ0) is 18.1. The molecule has 0 unspecified atom stereocenters. The minimum absolute atomic E-state index is 0.0175. The fourth-order valence-electron chi connectivity index (χ4n) is 2.94. The first-order valence-electron chi connectivity index (χ1n) is 7.99. The van der Waals surface area contributed by atoms with Crippen molar-refractivity contribution in [2.75, 3.05) is 17.3 Å². The molecule has 25 heavy (non-hydrogen) atoms. The SMILES string of the molecule is Cc1cc(F)c(CC(=O)Nc2ccc3c(c2)CCC(=O)N3C)cc1F. The van der Waals surface area contributed by atoms with Gasteiger partial charge in [0.2, 0.25) is 11.8 Å². The van der Waals surface area contributed by atoms with Crippen molar-refractivity contribution in [3.63, 3.8) is 0 Å². The highest BCUT2D eigenvalue weighted by Crippen LogP contribution is 2.29. The minimum atomic E-state index is -0.598. The number of aryl methyl sites for hydroxylation is 2. The number of fused-ring (bicyclic) bond motifs is 1. The first-order chi connectivity index (χ1) is 11.8. The zero-order valence-electron chi connectivity index (χ0n) is 14.0. The van der Waals surface area contributed by atoms with Gasteiger partial charge in [0.05, 0.1) is 6.42 Å². The molecule has 0 atom stereocenters. The standard InChI is InChI=1S/C19H18F2N2O2/c1-11-7-16(21)13(9-15(11)20)10-18(24)22-14-4-5-17-12(8-14)3-6-19(25)23(17)2/h4-5,7-9H,3,6,10H2,1-2H3,(H,22,24). The minimum Gasteiger partial charge on any atom is -0.326 e. The average Bonchev–Trinajstić information content (AvgIpc) is 2.56. The van der Waals surface area contributed by atoms with Crippen molar-refractivity contribution in [1.82, 2.24) is 0 Å². The number of hydrogen-bond acceptors (Lipinski definition) is 2. The van der Waals surface area contributed by atoms with Gasteiger partial charge in [-0.3, -0.25) is 9.59 Å². The van der Waals surface area contributed by atoms with Crippen LogP contribution in [-0.4, -0.2) is 18.9 Å². The van der Waals surface area contributed by atoms with Crippen LogP contribution in [0, 0.1) is 18.6 Å². The lowest BCUT2D eigenvalue weighted by Crippen LogP contribution is -2.31. The van der Waals surface area contributed by atoms with Gasteiger partial charge in [-0.1, -0.05) is 0 Å². The van der Waals surface area contributed by atoms with Crippen LogP contribution in [0.3, 0.4) is 0 Å². The van der Waals surface area contributed by atoms with Crippen molar-refractivity contribution in [3.8, 4) is 0 Å². The molecule has 1 N–H and O–H groups in total. The Labute approximate surface area is 144 Å². The third-order valence-corrected chi connectivity index (χ3v) is 4.39. The van der Waals surface area contributed by atoms with Crippen LogP contribution in [0.15, 0.2) is 30.3 Å². The van der Waals surface area contributed by atoms with E-state index in [1.807, 2.05) is 6.07 Å². The molecule has 130 valence electrons. The molecule has 0 saturated heterocycles. The number of benzene rings is 2. The Morgan fingerprint density at radius 2 is 1.92 bits per heavy atom. The molecule has 1 heterocycles. The van der Waals surface area contributed by atoms with E-state index in [-0.39, 0.29) is 23.5 Å². The highest BCUT2D eigenvalue weighted by Gasteiger charge is 2.21. The Bertz CT molecular complexity index is 865. The second-order valence-electron chi connectivity index (χ2n) is 6.21. The van der Waals surface area contributed by atoms with Gasteiger partial charge in [-0.15, -0.1) is 0 Å². The molecule has 0 spiro atoms. The molecule has 0 fully saturated rings. The number of nitrogens with zero attached hydrogens (tertiary/aromatic N) is 1. The van der Waals surface area contributed by atoms with Crippen LogP contribution in [0.25, 0.3) is 0 Å². The van der Waals surface area contributed by atoms with Gasteiger partial charge in [0.15, 0.2) is 0 Å². The molecule has 0 aliphatic carbocycles. The third kappa shape index (κ3) is 3.52. The topological polar surface area (TPSA) is 49.4 Å². The Morgan fingerprint density at radius 3 is 2.68 bits per heavy atom. The van der Waals surface area contributed by atoms with Gasteiger partial charge in [-0.05, 0) is 54.8 Å². The lowest BCUT2D eigenvalue weighted by molar-refractivity contribution is -0.118. The van der Waals surface area contributed by atoms with E-state index in [4.69, 9.17) is 0 Å². The molecule has 1 aliphatic heterocycles. The van der Waals surface area contributed by atoms with Crippen molar-refractivity contribution < 1.29 is 18.4 Å².